The van der Waals surface area contributed by atoms with Gasteiger partial charge in [-0.2, -0.15) is 0 Å². The third-order valence-corrected chi connectivity index (χ3v) is 3.33. The predicted molar refractivity (Wildman–Crippen MR) is 78.8 cm³/mol. The Balaban J connectivity index is 0.000000361. The van der Waals surface area contributed by atoms with Gasteiger partial charge < -0.3 is 9.90 Å². The van der Waals surface area contributed by atoms with E-state index in [2.05, 4.69) is 41.7 Å². The number of nitrogens with zero attached hydrogens (tertiary/aromatic N) is 2. The zero-order chi connectivity index (χ0) is 15.4. The Morgan fingerprint density at radius 1 is 1.25 bits per heavy atom. The summed E-state index contributed by atoms with van der Waals surface area (Å²) in [6, 6.07) is 0. The lowest BCUT2D eigenvalue weighted by molar-refractivity contribution is -0.671. The third-order valence-electron chi connectivity index (χ3n) is 3.33. The van der Waals surface area contributed by atoms with Crippen LogP contribution in [0.5, 0.6) is 0 Å². The number of aromatic nitrogens is 2. The number of carbonyl (C=O) groups is 1. The van der Waals surface area contributed by atoms with Gasteiger partial charge in [-0.1, -0.05) is 40.0 Å². The molecule has 4 heteroatoms. The largest absolute Gasteiger partial charge is 0.550 e. The van der Waals surface area contributed by atoms with E-state index < -0.39 is 5.97 Å². The number of aryl methyl sites for hydroxylation is 2. The quantitative estimate of drug-likeness (QED) is 0.685. The minimum Gasteiger partial charge on any atom is -0.550 e. The molecule has 0 bridgehead atoms. The number of aliphatic carboxylic acids is 1. The van der Waals surface area contributed by atoms with Gasteiger partial charge in [0.1, 0.15) is 12.4 Å². The molecule has 4 nitrogen and oxygen atoms in total. The summed E-state index contributed by atoms with van der Waals surface area (Å²) >= 11 is 0. The number of hydrogen-bond acceptors (Lipinski definition) is 2. The van der Waals surface area contributed by atoms with Gasteiger partial charge in [0.05, 0.1) is 13.6 Å². The first-order chi connectivity index (χ1) is 9.54. The second kappa shape index (κ2) is 11.5. The van der Waals surface area contributed by atoms with E-state index in [1.165, 1.54) is 12.8 Å². The van der Waals surface area contributed by atoms with Crippen LogP contribution in [0, 0.1) is 5.92 Å². The van der Waals surface area contributed by atoms with E-state index in [-0.39, 0.29) is 5.92 Å². The zero-order valence-electron chi connectivity index (χ0n) is 13.5. The molecule has 116 valence electrons. The Kier molecular flexibility index (Phi) is 10.7. The number of unbranched alkanes of at least 4 members (excludes halogenated alkanes) is 2. The number of carbonyl (C=O) groups excluding carboxylic acids is 1. The fraction of sp³-hybridized carbons (Fsp3) is 0.750. The number of carboxylic acids is 1. The molecule has 0 spiro atoms. The lowest BCUT2D eigenvalue weighted by atomic mass is 10.00. The maximum absolute atomic E-state index is 10.3. The average molecular weight is 282 g/mol. The topological polar surface area (TPSA) is 48.9 Å². The highest BCUT2D eigenvalue weighted by atomic mass is 16.4. The Labute approximate surface area is 123 Å². The van der Waals surface area contributed by atoms with Crippen LogP contribution in [-0.2, 0) is 18.4 Å². The molecule has 0 aromatic carbocycles. The fourth-order valence-corrected chi connectivity index (χ4v) is 1.91. The number of carboxylic acid groups (broad SMARTS) is 1. The van der Waals surface area contributed by atoms with E-state index in [0.29, 0.717) is 6.42 Å². The van der Waals surface area contributed by atoms with Gasteiger partial charge in [-0.15, -0.1) is 0 Å². The fourth-order valence-electron chi connectivity index (χ4n) is 1.91. The molecule has 0 fully saturated rings. The minimum atomic E-state index is -0.893. The average Bonchev–Trinajstić information content (AvgIpc) is 2.83. The molecular formula is C16H30N2O2. The standard InChI is InChI=1S/C8H15N2.C8H16O2/c1-3-4-5-10-7-6-9(2)8-10;1-3-5-6-7(4-2)8(9)10/h6-8H,3-5H2,1-2H3;7H,3-6H2,1-2H3,(H,9,10)/q+1;/p-1. The van der Waals surface area contributed by atoms with E-state index in [4.69, 9.17) is 0 Å². The normalized spacial score (nSPS) is 11.6. The van der Waals surface area contributed by atoms with Crippen molar-refractivity contribution in [3.8, 4) is 0 Å². The van der Waals surface area contributed by atoms with Crippen LogP contribution in [0.3, 0.4) is 0 Å². The van der Waals surface area contributed by atoms with Gasteiger partial charge >= 0.3 is 0 Å². The second-order valence-electron chi connectivity index (χ2n) is 5.24. The van der Waals surface area contributed by atoms with Gasteiger partial charge in [-0.05, 0) is 25.2 Å². The van der Waals surface area contributed by atoms with Gasteiger partial charge in [-0.25, -0.2) is 9.13 Å². The summed E-state index contributed by atoms with van der Waals surface area (Å²) in [7, 11) is 2.04. The number of hydrogen-bond donors (Lipinski definition) is 0. The van der Waals surface area contributed by atoms with Crippen LogP contribution in [-0.4, -0.2) is 10.5 Å². The third kappa shape index (κ3) is 8.73. The summed E-state index contributed by atoms with van der Waals surface area (Å²) in [5.74, 6) is -1.11. The highest BCUT2D eigenvalue weighted by Gasteiger charge is 2.04. The molecule has 0 saturated heterocycles. The zero-order valence-corrected chi connectivity index (χ0v) is 13.5. The maximum Gasteiger partial charge on any atom is 0.243 e. The molecule has 1 aromatic heterocycles. The van der Waals surface area contributed by atoms with Gasteiger partial charge in [0, 0.05) is 5.97 Å². The van der Waals surface area contributed by atoms with Crippen molar-refractivity contribution in [1.29, 1.82) is 0 Å². The molecule has 0 saturated carbocycles. The van der Waals surface area contributed by atoms with Gasteiger partial charge in [-0.3, -0.25) is 0 Å². The van der Waals surface area contributed by atoms with Crippen LogP contribution in [0.15, 0.2) is 18.7 Å². The van der Waals surface area contributed by atoms with E-state index >= 15 is 0 Å². The first-order valence-corrected chi connectivity index (χ1v) is 7.76. The first-order valence-electron chi connectivity index (χ1n) is 7.76. The number of imidazole rings is 1. The van der Waals surface area contributed by atoms with E-state index in [9.17, 15) is 9.90 Å². The summed E-state index contributed by atoms with van der Waals surface area (Å²) in [5.41, 5.74) is 0. The highest BCUT2D eigenvalue weighted by molar-refractivity contribution is 5.67. The Morgan fingerprint density at radius 3 is 2.30 bits per heavy atom. The highest BCUT2D eigenvalue weighted by Crippen LogP contribution is 2.10. The molecule has 1 atom stereocenters. The van der Waals surface area contributed by atoms with Crippen LogP contribution in [0.2, 0.25) is 0 Å². The lowest BCUT2D eigenvalue weighted by Gasteiger charge is -2.14. The summed E-state index contributed by atoms with van der Waals surface area (Å²) in [6.45, 7) is 7.30. The predicted octanol–water partition coefficient (Wildman–Crippen LogP) is 2.07. The van der Waals surface area contributed by atoms with Crippen LogP contribution >= 0.6 is 0 Å². The Morgan fingerprint density at radius 2 is 1.90 bits per heavy atom. The minimum absolute atomic E-state index is 0.222. The lowest BCUT2D eigenvalue weighted by Crippen LogP contribution is -2.30. The maximum atomic E-state index is 10.3. The molecule has 0 aliphatic rings. The molecule has 0 N–H and O–H groups in total. The molecule has 20 heavy (non-hydrogen) atoms. The van der Waals surface area contributed by atoms with Crippen LogP contribution < -0.4 is 9.67 Å². The van der Waals surface area contributed by atoms with Crippen molar-refractivity contribution in [1.82, 2.24) is 4.57 Å². The van der Waals surface area contributed by atoms with Crippen molar-refractivity contribution in [3.63, 3.8) is 0 Å². The van der Waals surface area contributed by atoms with Gasteiger partial charge in [0.25, 0.3) is 0 Å². The molecule has 1 heterocycles. The summed E-state index contributed by atoms with van der Waals surface area (Å²) in [5, 5.41) is 10.3. The van der Waals surface area contributed by atoms with E-state index in [1.54, 1.807) is 0 Å². The van der Waals surface area contributed by atoms with Crippen molar-refractivity contribution < 1.29 is 14.5 Å². The van der Waals surface area contributed by atoms with Gasteiger partial charge in [0.15, 0.2) is 0 Å². The molecule has 0 aliphatic heterocycles. The summed E-state index contributed by atoms with van der Waals surface area (Å²) in [6.07, 6.45) is 12.3. The van der Waals surface area contributed by atoms with E-state index in [1.807, 2.05) is 14.0 Å². The van der Waals surface area contributed by atoms with Crippen molar-refractivity contribution in [2.45, 2.75) is 65.8 Å². The summed E-state index contributed by atoms with van der Waals surface area (Å²) in [4.78, 5) is 10.3. The SMILES string of the molecule is CCCCC(CC)C(=O)[O-].CCCCn1cc[n+](C)c1. The molecule has 1 rings (SSSR count). The van der Waals surface area contributed by atoms with Crippen LogP contribution in [0.4, 0.5) is 0 Å². The smallest absolute Gasteiger partial charge is 0.243 e. The molecule has 0 amide bonds. The molecule has 1 unspecified atom stereocenters. The molecule has 0 aliphatic carbocycles. The Bertz CT molecular complexity index is 361. The molecular weight excluding hydrogens is 252 g/mol. The van der Waals surface area contributed by atoms with Crippen molar-refractivity contribution in [2.24, 2.45) is 13.0 Å². The van der Waals surface area contributed by atoms with Crippen molar-refractivity contribution >= 4 is 5.97 Å². The molecule has 0 radical (unpaired) electrons. The van der Waals surface area contributed by atoms with Crippen molar-refractivity contribution in [3.05, 3.63) is 18.7 Å². The van der Waals surface area contributed by atoms with Crippen LogP contribution in [0.1, 0.15) is 59.3 Å². The van der Waals surface area contributed by atoms with E-state index in [0.717, 1.165) is 25.8 Å². The summed E-state index contributed by atoms with van der Waals surface area (Å²) < 4.78 is 4.28. The monoisotopic (exact) mass is 282 g/mol. The number of rotatable bonds is 8. The van der Waals surface area contributed by atoms with Gasteiger partial charge in [0.2, 0.25) is 6.33 Å². The van der Waals surface area contributed by atoms with Crippen molar-refractivity contribution in [2.75, 3.05) is 0 Å². The second-order valence-corrected chi connectivity index (χ2v) is 5.24. The first kappa shape index (κ1) is 18.7. The molecule has 1 aromatic rings. The van der Waals surface area contributed by atoms with Crippen LogP contribution in [0.25, 0.3) is 0 Å². The Hall–Kier alpha value is -1.32.